The quantitative estimate of drug-likeness (QED) is 0.144. The topological polar surface area (TPSA) is 97.3 Å². The molecule has 1 amide bonds. The lowest BCUT2D eigenvalue weighted by molar-refractivity contribution is -0.119. The summed E-state index contributed by atoms with van der Waals surface area (Å²) in [4.78, 5) is 13.1. The minimum Gasteiger partial charge on any atom is -0.490 e. The van der Waals surface area contributed by atoms with E-state index in [1.807, 2.05) is 44.2 Å². The Morgan fingerprint density at radius 2 is 1.67 bits per heavy atom. The fourth-order valence-electron chi connectivity index (χ4n) is 4.20. The van der Waals surface area contributed by atoms with Crippen LogP contribution in [0.1, 0.15) is 30.5 Å². The zero-order chi connectivity index (χ0) is 30.0. The van der Waals surface area contributed by atoms with Crippen molar-refractivity contribution >= 4 is 39.4 Å². The van der Waals surface area contributed by atoms with E-state index in [9.17, 15) is 13.2 Å². The Morgan fingerprint density at radius 1 is 0.905 bits per heavy atom. The highest BCUT2D eigenvalue weighted by atomic mass is 35.5. The highest BCUT2D eigenvalue weighted by Crippen LogP contribution is 2.30. The number of nitrogens with zero attached hydrogens (tertiary/aromatic N) is 2. The number of benzene rings is 4. The van der Waals surface area contributed by atoms with E-state index in [4.69, 9.17) is 21.1 Å². The number of ether oxygens (including phenoxy) is 2. The van der Waals surface area contributed by atoms with Crippen LogP contribution in [0.5, 0.6) is 11.5 Å². The van der Waals surface area contributed by atoms with Crippen molar-refractivity contribution in [3.8, 4) is 11.5 Å². The molecule has 0 saturated heterocycles. The van der Waals surface area contributed by atoms with E-state index in [1.165, 1.54) is 18.3 Å². The van der Waals surface area contributed by atoms with E-state index in [-0.39, 0.29) is 4.90 Å². The third-order valence-corrected chi connectivity index (χ3v) is 8.22. The number of rotatable bonds is 13. The van der Waals surface area contributed by atoms with Crippen LogP contribution in [0.4, 0.5) is 5.69 Å². The van der Waals surface area contributed by atoms with Crippen LogP contribution in [0, 0.1) is 0 Å². The molecule has 0 aliphatic carbocycles. The second-order valence-corrected chi connectivity index (χ2v) is 11.5. The van der Waals surface area contributed by atoms with Crippen molar-refractivity contribution in [3.05, 3.63) is 119 Å². The van der Waals surface area contributed by atoms with Gasteiger partial charge in [0.05, 0.1) is 23.4 Å². The Balaban J connectivity index is 1.48. The number of anilines is 1. The molecule has 0 spiro atoms. The number of hydrogen-bond acceptors (Lipinski definition) is 6. The first kappa shape index (κ1) is 30.6. The van der Waals surface area contributed by atoms with Gasteiger partial charge >= 0.3 is 0 Å². The van der Waals surface area contributed by atoms with E-state index in [0.29, 0.717) is 47.4 Å². The van der Waals surface area contributed by atoms with Gasteiger partial charge in [-0.2, -0.15) is 5.10 Å². The molecule has 0 bridgehead atoms. The molecule has 4 rings (SSSR count). The molecule has 0 aliphatic rings. The van der Waals surface area contributed by atoms with Gasteiger partial charge in [0.1, 0.15) is 13.2 Å². The van der Waals surface area contributed by atoms with Crippen molar-refractivity contribution in [1.82, 2.24) is 5.43 Å². The van der Waals surface area contributed by atoms with Gasteiger partial charge in [0.25, 0.3) is 15.9 Å². The molecule has 4 aromatic carbocycles. The zero-order valence-corrected chi connectivity index (χ0v) is 24.9. The van der Waals surface area contributed by atoms with Crippen LogP contribution in [0.25, 0.3) is 0 Å². The smallest absolute Gasteiger partial charge is 0.264 e. The molecule has 0 aliphatic heterocycles. The third kappa shape index (κ3) is 7.90. The van der Waals surface area contributed by atoms with Crippen LogP contribution in [0.2, 0.25) is 5.02 Å². The molecule has 0 atom stereocenters. The van der Waals surface area contributed by atoms with Crippen LogP contribution in [-0.2, 0) is 27.8 Å². The maximum Gasteiger partial charge on any atom is 0.264 e. The fraction of sp³-hybridized carbons (Fsp3) is 0.188. The summed E-state index contributed by atoms with van der Waals surface area (Å²) in [6, 6.07) is 27.8. The van der Waals surface area contributed by atoms with Crippen molar-refractivity contribution in [2.45, 2.75) is 31.8 Å². The first-order valence-electron chi connectivity index (χ1n) is 13.4. The highest BCUT2D eigenvalue weighted by molar-refractivity contribution is 7.92. The number of halogens is 1. The molecule has 0 fully saturated rings. The molecular formula is C32H32ClN3O5S. The van der Waals surface area contributed by atoms with Gasteiger partial charge in [0.2, 0.25) is 0 Å². The molecule has 0 heterocycles. The number of amides is 1. The Bertz CT molecular complexity index is 1650. The van der Waals surface area contributed by atoms with Crippen molar-refractivity contribution in [2.24, 2.45) is 5.10 Å². The highest BCUT2D eigenvalue weighted by Gasteiger charge is 2.28. The van der Waals surface area contributed by atoms with Crippen LogP contribution in [0.15, 0.2) is 107 Å². The lowest BCUT2D eigenvalue weighted by atomic mass is 10.1. The van der Waals surface area contributed by atoms with Gasteiger partial charge in [-0.1, -0.05) is 67.1 Å². The molecule has 8 nitrogen and oxygen atoms in total. The maximum atomic E-state index is 13.6. The lowest BCUT2D eigenvalue weighted by Crippen LogP contribution is -2.40. The number of aryl methyl sites for hydroxylation is 1. The first-order chi connectivity index (χ1) is 20.3. The van der Waals surface area contributed by atoms with E-state index < -0.39 is 22.5 Å². The van der Waals surface area contributed by atoms with E-state index in [0.717, 1.165) is 15.4 Å². The van der Waals surface area contributed by atoms with Gasteiger partial charge in [-0.25, -0.2) is 13.8 Å². The van der Waals surface area contributed by atoms with Gasteiger partial charge in [-0.05, 0) is 78.6 Å². The monoisotopic (exact) mass is 605 g/mol. The zero-order valence-electron chi connectivity index (χ0n) is 23.4. The molecule has 0 saturated carbocycles. The summed E-state index contributed by atoms with van der Waals surface area (Å²) in [5.74, 6) is 0.476. The lowest BCUT2D eigenvalue weighted by Gasteiger charge is -2.25. The summed E-state index contributed by atoms with van der Waals surface area (Å²) in [6.07, 6.45) is 2.05. The average Bonchev–Trinajstić information content (AvgIpc) is 3.00. The number of sulfonamides is 1. The van der Waals surface area contributed by atoms with Crippen molar-refractivity contribution in [1.29, 1.82) is 0 Å². The molecular weight excluding hydrogens is 574 g/mol. The average molecular weight is 606 g/mol. The molecule has 0 unspecified atom stereocenters. The second-order valence-electron chi connectivity index (χ2n) is 9.16. The first-order valence-corrected chi connectivity index (χ1v) is 15.2. The number of hydrazone groups is 1. The Hall–Kier alpha value is -4.34. The summed E-state index contributed by atoms with van der Waals surface area (Å²) in [5, 5.41) is 4.69. The maximum absolute atomic E-state index is 13.6. The minimum absolute atomic E-state index is 0.0910. The Kier molecular flexibility index (Phi) is 10.6. The van der Waals surface area contributed by atoms with Gasteiger partial charge < -0.3 is 9.47 Å². The summed E-state index contributed by atoms with van der Waals surface area (Å²) in [7, 11) is -4.02. The summed E-state index contributed by atoms with van der Waals surface area (Å²) >= 11 is 6.06. The number of hydrogen-bond donors (Lipinski definition) is 1. The number of para-hydroxylation sites is 1. The van der Waals surface area contributed by atoms with Crippen molar-refractivity contribution < 1.29 is 22.7 Å². The molecule has 0 radical (unpaired) electrons. The molecule has 1 N–H and O–H groups in total. The largest absolute Gasteiger partial charge is 0.490 e. The van der Waals surface area contributed by atoms with Gasteiger partial charge in [-0.15, -0.1) is 0 Å². The molecule has 0 aromatic heterocycles. The normalized spacial score (nSPS) is 11.3. The molecule has 10 heteroatoms. The van der Waals surface area contributed by atoms with Crippen LogP contribution >= 0.6 is 11.6 Å². The minimum atomic E-state index is -4.02. The standard InChI is InChI=1S/C32H32ClN3O5S/c1-3-26-12-8-9-16-29(26)36(42(38,39)28-14-6-5-7-15-28)22-32(37)35-34-21-24-17-18-30(31(20-24)40-4-2)41-23-25-11-10-13-27(33)19-25/h5-21H,3-4,22-23H2,1-2H3,(H,35,37)/b34-21-. The van der Waals surface area contributed by atoms with E-state index in [1.54, 1.807) is 54.6 Å². The number of nitrogens with one attached hydrogen (secondary N) is 1. The summed E-state index contributed by atoms with van der Waals surface area (Å²) < 4.78 is 40.0. The second kappa shape index (κ2) is 14.5. The summed E-state index contributed by atoms with van der Waals surface area (Å²) in [5.41, 5.74) is 5.26. The van der Waals surface area contributed by atoms with Crippen LogP contribution < -0.4 is 19.2 Å². The predicted octanol–water partition coefficient (Wildman–Crippen LogP) is 6.23. The summed E-state index contributed by atoms with van der Waals surface area (Å²) in [6.45, 7) is 4.09. The van der Waals surface area contributed by atoms with Gasteiger partial charge in [0, 0.05) is 5.02 Å². The third-order valence-electron chi connectivity index (χ3n) is 6.21. The predicted molar refractivity (Wildman–Crippen MR) is 166 cm³/mol. The van der Waals surface area contributed by atoms with Crippen molar-refractivity contribution in [3.63, 3.8) is 0 Å². The van der Waals surface area contributed by atoms with Crippen LogP contribution in [0.3, 0.4) is 0 Å². The number of carbonyl (C=O) groups is 1. The van der Waals surface area contributed by atoms with E-state index >= 15 is 0 Å². The van der Waals surface area contributed by atoms with Gasteiger partial charge in [0.15, 0.2) is 11.5 Å². The molecule has 218 valence electrons. The van der Waals surface area contributed by atoms with Crippen molar-refractivity contribution in [2.75, 3.05) is 17.5 Å². The fourth-order valence-corrected chi connectivity index (χ4v) is 5.89. The number of carbonyl (C=O) groups excluding carboxylic acids is 1. The Labute approximate surface area is 251 Å². The van der Waals surface area contributed by atoms with E-state index in [2.05, 4.69) is 10.5 Å². The molecule has 42 heavy (non-hydrogen) atoms. The molecule has 4 aromatic rings. The SMILES string of the molecule is CCOc1cc(/C=N\NC(=O)CN(c2ccccc2CC)S(=O)(=O)c2ccccc2)ccc1OCc1cccc(Cl)c1. The Morgan fingerprint density at radius 3 is 2.40 bits per heavy atom. The van der Waals surface area contributed by atoms with Gasteiger partial charge in [-0.3, -0.25) is 9.10 Å². The van der Waals surface area contributed by atoms with Crippen LogP contribution in [-0.4, -0.2) is 33.7 Å².